The van der Waals surface area contributed by atoms with E-state index in [0.717, 1.165) is 5.56 Å². The molecule has 0 saturated carbocycles. The van der Waals surface area contributed by atoms with Crippen molar-refractivity contribution in [2.75, 3.05) is 0 Å². The maximum atomic E-state index is 12.5. The van der Waals surface area contributed by atoms with Gasteiger partial charge in [0.15, 0.2) is 8.24 Å². The quantitative estimate of drug-likeness (QED) is 0.586. The van der Waals surface area contributed by atoms with Gasteiger partial charge in [-0.15, -0.1) is 0 Å². The highest BCUT2D eigenvalue weighted by Crippen LogP contribution is 2.42. The van der Waals surface area contributed by atoms with Crippen LogP contribution in [0.1, 0.15) is 57.6 Å². The third-order valence-electron chi connectivity index (χ3n) is 5.02. The Balaban J connectivity index is 2.46. The van der Waals surface area contributed by atoms with Gasteiger partial charge in [0.2, 0.25) is 5.78 Å². The zero-order valence-electron chi connectivity index (χ0n) is 14.6. The third kappa shape index (κ3) is 2.60. The average Bonchev–Trinajstić information content (AvgIpc) is 3.09. The van der Waals surface area contributed by atoms with Crippen LogP contribution in [0.2, 0.25) is 16.6 Å². The van der Waals surface area contributed by atoms with Crippen molar-refractivity contribution >= 4 is 14.0 Å². The fraction of sp³-hybridized carbons (Fsp3) is 0.500. The topological polar surface area (TPSA) is 37.8 Å². The number of ketones is 1. The highest BCUT2D eigenvalue weighted by Gasteiger charge is 2.45. The summed E-state index contributed by atoms with van der Waals surface area (Å²) < 4.78 is 2.41. The number of nitrogens with zero attached hydrogens (tertiary/aromatic N) is 1. The zero-order chi connectivity index (χ0) is 16.5. The number of rotatable bonds is 6. The van der Waals surface area contributed by atoms with E-state index in [9.17, 15) is 4.79 Å². The molecule has 0 spiro atoms. The summed E-state index contributed by atoms with van der Waals surface area (Å²) in [5.41, 5.74) is 3.29. The number of H-pyrrole nitrogens is 1. The monoisotopic (exact) mass is 316 g/mol. The third-order valence-corrected chi connectivity index (χ3v) is 11.7. The first-order chi connectivity index (χ1) is 10.3. The van der Waals surface area contributed by atoms with E-state index in [1.807, 2.05) is 18.2 Å². The molecule has 0 fully saturated rings. The van der Waals surface area contributed by atoms with Gasteiger partial charge in [-0.3, -0.25) is 4.79 Å². The largest absolute Gasteiger partial charge is 0.379 e. The number of hydrogen-bond acceptors (Lipinski definition) is 1. The number of hydrogen-bond donors (Lipinski definition) is 1. The minimum absolute atomic E-state index is 0.0721. The highest BCUT2D eigenvalue weighted by atomic mass is 28.3. The van der Waals surface area contributed by atoms with E-state index < -0.39 is 8.24 Å². The Bertz CT molecular complexity index is 602. The maximum absolute atomic E-state index is 12.5. The van der Waals surface area contributed by atoms with Crippen molar-refractivity contribution in [2.24, 2.45) is 0 Å². The fourth-order valence-corrected chi connectivity index (χ4v) is 10.8. The van der Waals surface area contributed by atoms with Gasteiger partial charge in [-0.2, -0.15) is 0 Å². The van der Waals surface area contributed by atoms with Gasteiger partial charge < -0.3 is 9.22 Å². The van der Waals surface area contributed by atoms with Gasteiger partial charge in [0.1, 0.15) is 0 Å². The minimum Gasteiger partial charge on any atom is -0.379 e. The van der Waals surface area contributed by atoms with Crippen molar-refractivity contribution in [3.63, 3.8) is 0 Å². The lowest BCUT2D eigenvalue weighted by Crippen LogP contribution is -2.51. The first-order valence-electron chi connectivity index (χ1n) is 8.18. The summed E-state index contributed by atoms with van der Waals surface area (Å²) in [6.45, 7) is 14.0. The van der Waals surface area contributed by atoms with E-state index in [2.05, 4.69) is 63.2 Å². The van der Waals surface area contributed by atoms with Crippen LogP contribution in [-0.4, -0.2) is 23.2 Å². The van der Waals surface area contributed by atoms with Gasteiger partial charge in [0, 0.05) is 18.0 Å². The number of aromatic amines is 1. The molecule has 0 aliphatic heterocycles. The molecule has 0 amide bonds. The Morgan fingerprint density at radius 1 is 1.05 bits per heavy atom. The molecule has 0 atom stereocenters. The first kappa shape index (κ1) is 16.8. The molecule has 2 rings (SSSR count). The summed E-state index contributed by atoms with van der Waals surface area (Å²) in [5, 5.41) is 0. The number of carbonyl (C=O) groups excluding carboxylic acids is 1. The molecule has 0 aliphatic carbocycles. The van der Waals surface area contributed by atoms with Crippen LogP contribution in [0.25, 0.3) is 0 Å². The molecule has 0 bridgehead atoms. The maximum Gasteiger partial charge on any atom is 0.210 e. The fourth-order valence-electron chi connectivity index (χ4n) is 4.29. The van der Waals surface area contributed by atoms with Crippen molar-refractivity contribution in [1.29, 1.82) is 0 Å². The van der Waals surface area contributed by atoms with Crippen LogP contribution in [0.15, 0.2) is 36.8 Å². The van der Waals surface area contributed by atoms with Crippen LogP contribution in [0.4, 0.5) is 0 Å². The van der Waals surface area contributed by atoms with Crippen molar-refractivity contribution in [3.8, 4) is 0 Å². The second-order valence-corrected chi connectivity index (χ2v) is 12.8. The molecular weight excluding hydrogens is 288 g/mol. The van der Waals surface area contributed by atoms with Gasteiger partial charge >= 0.3 is 0 Å². The van der Waals surface area contributed by atoms with Crippen LogP contribution < -0.4 is 0 Å². The van der Waals surface area contributed by atoms with E-state index >= 15 is 0 Å². The van der Waals surface area contributed by atoms with E-state index in [1.165, 1.54) is 0 Å². The lowest BCUT2D eigenvalue weighted by atomic mass is 10.2. The minimum atomic E-state index is -1.76. The van der Waals surface area contributed by atoms with Gasteiger partial charge in [-0.1, -0.05) is 41.5 Å². The standard InChI is InChI=1S/C18H28N2OSi/c1-13(2)22(14(3)4,15(5)6)20-11-9-16(12-20)18(21)17-8-7-10-19-17/h7-15,19H,1-6H3. The first-order valence-corrected chi connectivity index (χ1v) is 10.4. The van der Waals surface area contributed by atoms with E-state index in [-0.39, 0.29) is 5.78 Å². The van der Waals surface area contributed by atoms with Crippen LogP contribution in [0.3, 0.4) is 0 Å². The predicted molar refractivity (Wildman–Crippen MR) is 95.1 cm³/mol. The molecule has 0 unspecified atom stereocenters. The Labute approximate surface area is 134 Å². The molecule has 22 heavy (non-hydrogen) atoms. The van der Waals surface area contributed by atoms with Crippen molar-refractivity contribution in [3.05, 3.63) is 48.0 Å². The molecule has 120 valence electrons. The second-order valence-electron chi connectivity index (χ2n) is 7.07. The van der Waals surface area contributed by atoms with Crippen molar-refractivity contribution in [1.82, 2.24) is 9.22 Å². The molecule has 2 aromatic rings. The van der Waals surface area contributed by atoms with Gasteiger partial charge in [-0.25, -0.2) is 0 Å². The van der Waals surface area contributed by atoms with E-state index in [0.29, 0.717) is 22.3 Å². The summed E-state index contributed by atoms with van der Waals surface area (Å²) >= 11 is 0. The highest BCUT2D eigenvalue weighted by molar-refractivity contribution is 6.82. The van der Waals surface area contributed by atoms with Gasteiger partial charge in [0.05, 0.1) is 5.69 Å². The lowest BCUT2D eigenvalue weighted by molar-refractivity contribution is 0.103. The summed E-state index contributed by atoms with van der Waals surface area (Å²) in [7, 11) is -1.76. The molecule has 2 heterocycles. The molecule has 0 aliphatic rings. The SMILES string of the molecule is CC(C)[Si](C(C)C)(C(C)C)n1ccc(C(=O)c2ccc[nH]2)c1. The van der Waals surface area contributed by atoms with E-state index in [1.54, 1.807) is 6.20 Å². The number of carbonyl (C=O) groups is 1. The molecule has 0 radical (unpaired) electrons. The molecule has 0 saturated heterocycles. The second kappa shape index (κ2) is 6.29. The summed E-state index contributed by atoms with van der Waals surface area (Å²) in [6.07, 6.45) is 6.00. The van der Waals surface area contributed by atoms with Crippen LogP contribution >= 0.6 is 0 Å². The molecule has 1 N–H and O–H groups in total. The van der Waals surface area contributed by atoms with Crippen LogP contribution in [0.5, 0.6) is 0 Å². The Hall–Kier alpha value is -1.55. The Kier molecular flexibility index (Phi) is 4.80. The van der Waals surface area contributed by atoms with E-state index in [4.69, 9.17) is 0 Å². The Morgan fingerprint density at radius 3 is 2.09 bits per heavy atom. The van der Waals surface area contributed by atoms with Gasteiger partial charge in [-0.05, 0) is 41.0 Å². The van der Waals surface area contributed by atoms with Crippen LogP contribution in [-0.2, 0) is 0 Å². The molecule has 4 heteroatoms. The normalized spacial score (nSPS) is 12.6. The van der Waals surface area contributed by atoms with Crippen molar-refractivity contribution < 1.29 is 4.79 Å². The zero-order valence-corrected chi connectivity index (χ0v) is 15.6. The smallest absolute Gasteiger partial charge is 0.210 e. The molecule has 2 aromatic heterocycles. The summed E-state index contributed by atoms with van der Waals surface area (Å²) in [6, 6.07) is 5.66. The average molecular weight is 317 g/mol. The molecular formula is C18H28N2OSi. The number of nitrogens with one attached hydrogen (secondary N) is 1. The van der Waals surface area contributed by atoms with Crippen molar-refractivity contribution in [2.45, 2.75) is 58.2 Å². The Morgan fingerprint density at radius 2 is 1.64 bits per heavy atom. The predicted octanol–water partition coefficient (Wildman–Crippen LogP) is 5.07. The summed E-state index contributed by atoms with van der Waals surface area (Å²) in [4.78, 5) is 15.5. The van der Waals surface area contributed by atoms with Crippen LogP contribution in [0, 0.1) is 0 Å². The summed E-state index contributed by atoms with van der Waals surface area (Å²) in [5.74, 6) is 0.0721. The molecule has 3 nitrogen and oxygen atoms in total. The number of aromatic nitrogens is 2. The van der Waals surface area contributed by atoms with Gasteiger partial charge in [0.25, 0.3) is 0 Å². The molecule has 0 aromatic carbocycles. The lowest BCUT2D eigenvalue weighted by Gasteiger charge is -2.44.